The topological polar surface area (TPSA) is 134 Å². The van der Waals surface area contributed by atoms with Gasteiger partial charge in [0.1, 0.15) is 23.2 Å². The third-order valence-electron chi connectivity index (χ3n) is 6.54. The molecule has 10 nitrogen and oxygen atoms in total. The van der Waals surface area contributed by atoms with E-state index in [2.05, 4.69) is 23.8 Å². The third kappa shape index (κ3) is 8.31. The van der Waals surface area contributed by atoms with Crippen molar-refractivity contribution in [2.24, 2.45) is 5.92 Å². The first-order chi connectivity index (χ1) is 17.4. The van der Waals surface area contributed by atoms with E-state index in [9.17, 15) is 24.3 Å². The van der Waals surface area contributed by atoms with Gasteiger partial charge in [0.15, 0.2) is 0 Å². The molecule has 2 fully saturated rings. The minimum absolute atomic E-state index is 0.0216. The van der Waals surface area contributed by atoms with Gasteiger partial charge in [0, 0.05) is 18.9 Å². The number of β-amino-alcohol motifs (C(OH)–C–C–N with tert-alkyl or cyclic N) is 1. The van der Waals surface area contributed by atoms with E-state index in [0.717, 1.165) is 19.3 Å². The molecule has 3 N–H and O–H groups in total. The second kappa shape index (κ2) is 13.1. The van der Waals surface area contributed by atoms with E-state index in [4.69, 9.17) is 9.47 Å². The molecule has 0 aromatic carbocycles. The van der Waals surface area contributed by atoms with Crippen LogP contribution in [0.1, 0.15) is 72.6 Å². The summed E-state index contributed by atoms with van der Waals surface area (Å²) in [4.78, 5) is 53.3. The van der Waals surface area contributed by atoms with Crippen LogP contribution in [0.2, 0.25) is 0 Å². The Morgan fingerprint density at radius 3 is 2.46 bits per heavy atom. The molecule has 1 heterocycles. The summed E-state index contributed by atoms with van der Waals surface area (Å²) in [5.41, 5.74) is -1.96. The molecule has 1 aliphatic heterocycles. The summed E-state index contributed by atoms with van der Waals surface area (Å²) in [5, 5.41) is 15.8. The van der Waals surface area contributed by atoms with Gasteiger partial charge < -0.3 is 30.1 Å². The summed E-state index contributed by atoms with van der Waals surface area (Å²) >= 11 is 0. The average molecular weight is 522 g/mol. The van der Waals surface area contributed by atoms with Crippen LogP contribution in [0.4, 0.5) is 4.79 Å². The van der Waals surface area contributed by atoms with E-state index in [1.165, 1.54) is 4.90 Å². The van der Waals surface area contributed by atoms with Gasteiger partial charge in [-0.1, -0.05) is 25.0 Å². The molecule has 0 bridgehead atoms. The smallest absolute Gasteiger partial charge is 0.408 e. The zero-order valence-corrected chi connectivity index (χ0v) is 22.6. The second-order valence-electron chi connectivity index (χ2n) is 10.7. The molecule has 2 aliphatic rings. The summed E-state index contributed by atoms with van der Waals surface area (Å²) in [6.45, 7) is 14.4. The highest BCUT2D eigenvalue weighted by molar-refractivity contribution is 5.96. The summed E-state index contributed by atoms with van der Waals surface area (Å²) < 4.78 is 10.5. The molecule has 3 amide bonds. The number of nitrogens with zero attached hydrogens (tertiary/aromatic N) is 1. The van der Waals surface area contributed by atoms with Crippen molar-refractivity contribution >= 4 is 23.9 Å². The van der Waals surface area contributed by atoms with Gasteiger partial charge in [-0.3, -0.25) is 9.59 Å². The Kier molecular flexibility index (Phi) is 10.7. The van der Waals surface area contributed by atoms with Crippen LogP contribution in [-0.2, 0) is 23.9 Å². The van der Waals surface area contributed by atoms with E-state index in [0.29, 0.717) is 19.3 Å². The molecule has 10 heteroatoms. The van der Waals surface area contributed by atoms with Crippen molar-refractivity contribution in [1.82, 2.24) is 15.5 Å². The fourth-order valence-corrected chi connectivity index (χ4v) is 4.59. The number of aliphatic hydroxyl groups excluding tert-OH is 1. The first-order valence-electron chi connectivity index (χ1n) is 13.1. The molecule has 2 rings (SSSR count). The number of aliphatic hydroxyl groups is 1. The molecule has 208 valence electrons. The standard InChI is InChI=1S/C27H43N3O7/c1-7-10-11-12-13-14-20(28-25(35)37-26(4,5)6)23(33)30-17-19(31)15-21(30)22(32)29-27(16-18(27)8-2)24(34)36-9-3/h7-8,18-21,31H,1-2,9-17H2,3-6H3,(H,28,35)(H,29,32)/t18?,19-,20+,21+,27-/m1/s1. The van der Waals surface area contributed by atoms with Gasteiger partial charge in [0.05, 0.1) is 12.7 Å². The highest BCUT2D eigenvalue weighted by Gasteiger charge is 2.62. The number of allylic oxidation sites excluding steroid dienone is 1. The molecular formula is C27H43N3O7. The maximum absolute atomic E-state index is 13.6. The minimum Gasteiger partial charge on any atom is -0.464 e. The SMILES string of the molecule is C=CCCCCC[C@H](NC(=O)OC(C)(C)C)C(=O)N1C[C@H](O)C[C@H]1C(=O)N[C@]1(C(=O)OCC)CC1C=C. The predicted molar refractivity (Wildman–Crippen MR) is 138 cm³/mol. The van der Waals surface area contributed by atoms with E-state index >= 15 is 0 Å². The number of amides is 3. The molecule has 1 unspecified atom stereocenters. The van der Waals surface area contributed by atoms with Gasteiger partial charge in [0.2, 0.25) is 11.8 Å². The number of rotatable bonds is 13. The zero-order chi connectivity index (χ0) is 27.8. The number of unbranched alkanes of at least 4 members (excludes halogenated alkanes) is 3. The quantitative estimate of drug-likeness (QED) is 0.193. The van der Waals surface area contributed by atoms with Gasteiger partial charge >= 0.3 is 12.1 Å². The number of carbonyl (C=O) groups is 4. The number of likely N-dealkylation sites (tertiary alicyclic amines) is 1. The highest BCUT2D eigenvalue weighted by Crippen LogP contribution is 2.45. The molecule has 1 saturated heterocycles. The second-order valence-corrected chi connectivity index (χ2v) is 10.7. The number of alkyl carbamates (subject to hydrolysis) is 1. The highest BCUT2D eigenvalue weighted by atomic mass is 16.6. The lowest BCUT2D eigenvalue weighted by atomic mass is 10.0. The van der Waals surface area contributed by atoms with Crippen molar-refractivity contribution in [3.63, 3.8) is 0 Å². The Balaban J connectivity index is 2.17. The molecule has 5 atom stereocenters. The first kappa shape index (κ1) is 30.3. The van der Waals surface area contributed by atoms with Crippen molar-refractivity contribution in [2.45, 2.75) is 102 Å². The Bertz CT molecular complexity index is 869. The number of nitrogens with one attached hydrogen (secondary N) is 2. The van der Waals surface area contributed by atoms with E-state index < -0.39 is 53.2 Å². The van der Waals surface area contributed by atoms with Crippen LogP contribution in [0, 0.1) is 5.92 Å². The van der Waals surface area contributed by atoms with Crippen molar-refractivity contribution in [3.05, 3.63) is 25.3 Å². The predicted octanol–water partition coefficient (Wildman–Crippen LogP) is 2.60. The molecule has 0 radical (unpaired) electrons. The van der Waals surface area contributed by atoms with Crippen LogP contribution >= 0.6 is 0 Å². The lowest BCUT2D eigenvalue weighted by Crippen LogP contribution is -2.56. The monoisotopic (exact) mass is 521 g/mol. The van der Waals surface area contributed by atoms with E-state index in [-0.39, 0.29) is 25.5 Å². The Hall–Kier alpha value is -2.88. The molecule has 0 aromatic rings. The number of esters is 1. The summed E-state index contributed by atoms with van der Waals surface area (Å²) in [6, 6.07) is -1.93. The third-order valence-corrected chi connectivity index (χ3v) is 6.54. The summed E-state index contributed by atoms with van der Waals surface area (Å²) in [7, 11) is 0. The van der Waals surface area contributed by atoms with Gasteiger partial charge in [-0.05, 0) is 53.4 Å². The van der Waals surface area contributed by atoms with Crippen LogP contribution in [0.3, 0.4) is 0 Å². The van der Waals surface area contributed by atoms with Crippen LogP contribution in [0.5, 0.6) is 0 Å². The largest absolute Gasteiger partial charge is 0.464 e. The van der Waals surface area contributed by atoms with Gasteiger partial charge in [-0.2, -0.15) is 0 Å². The van der Waals surface area contributed by atoms with Crippen LogP contribution < -0.4 is 10.6 Å². The van der Waals surface area contributed by atoms with Gasteiger partial charge in [0.25, 0.3) is 0 Å². The Labute approximate surface area is 219 Å². The van der Waals surface area contributed by atoms with E-state index in [1.54, 1.807) is 33.8 Å². The van der Waals surface area contributed by atoms with Gasteiger partial charge in [-0.25, -0.2) is 9.59 Å². The number of ether oxygens (including phenoxy) is 2. The first-order valence-corrected chi connectivity index (χ1v) is 13.1. The molecule has 0 aromatic heterocycles. The summed E-state index contributed by atoms with van der Waals surface area (Å²) in [6.07, 6.45) is 5.77. The lowest BCUT2D eigenvalue weighted by Gasteiger charge is -2.30. The number of hydrogen-bond donors (Lipinski definition) is 3. The van der Waals surface area contributed by atoms with E-state index in [1.807, 2.05) is 6.08 Å². The number of hydrogen-bond acceptors (Lipinski definition) is 7. The van der Waals surface area contributed by atoms with Crippen molar-refractivity contribution in [3.8, 4) is 0 Å². The lowest BCUT2D eigenvalue weighted by molar-refractivity contribution is -0.150. The normalized spacial score (nSPS) is 25.5. The van der Waals surface area contributed by atoms with Crippen LogP contribution in [0.15, 0.2) is 25.3 Å². The molecule has 37 heavy (non-hydrogen) atoms. The molecule has 1 saturated carbocycles. The van der Waals surface area contributed by atoms with Crippen LogP contribution in [0.25, 0.3) is 0 Å². The van der Waals surface area contributed by atoms with Crippen molar-refractivity contribution in [2.75, 3.05) is 13.2 Å². The van der Waals surface area contributed by atoms with Crippen molar-refractivity contribution < 1.29 is 33.8 Å². The van der Waals surface area contributed by atoms with Crippen LogP contribution in [-0.4, -0.2) is 76.4 Å². The molecule has 0 spiro atoms. The molecule has 1 aliphatic carbocycles. The molecular weight excluding hydrogens is 478 g/mol. The zero-order valence-electron chi connectivity index (χ0n) is 22.6. The maximum Gasteiger partial charge on any atom is 0.408 e. The minimum atomic E-state index is -1.21. The average Bonchev–Trinajstić information content (AvgIpc) is 3.39. The fraction of sp³-hybridized carbons (Fsp3) is 0.704. The Morgan fingerprint density at radius 2 is 1.89 bits per heavy atom. The Morgan fingerprint density at radius 1 is 1.19 bits per heavy atom. The fourth-order valence-electron chi connectivity index (χ4n) is 4.59. The van der Waals surface area contributed by atoms with Gasteiger partial charge in [-0.15, -0.1) is 13.2 Å². The summed E-state index contributed by atoms with van der Waals surface area (Å²) in [5.74, 6) is -1.85. The van der Waals surface area contributed by atoms with Crippen molar-refractivity contribution in [1.29, 1.82) is 0 Å². The maximum atomic E-state index is 13.6. The number of carbonyl (C=O) groups excluding carboxylic acids is 4.